The molecule has 0 aliphatic rings. The number of aromatic nitrogens is 3. The molecule has 0 aliphatic carbocycles. The number of para-hydroxylation sites is 1. The van der Waals surface area contributed by atoms with Crippen LogP contribution in [0.1, 0.15) is 16.7 Å². The van der Waals surface area contributed by atoms with Crippen LogP contribution < -0.4 is 14.9 Å². The maximum absolute atomic E-state index is 13.6. The van der Waals surface area contributed by atoms with Crippen LogP contribution in [0.3, 0.4) is 0 Å². The van der Waals surface area contributed by atoms with E-state index < -0.39 is 41.3 Å². The van der Waals surface area contributed by atoms with Crippen LogP contribution in [0.2, 0.25) is 0 Å². The van der Waals surface area contributed by atoms with Crippen molar-refractivity contribution < 1.29 is 35.9 Å². The molecule has 0 atom stereocenters. The summed E-state index contributed by atoms with van der Waals surface area (Å²) in [5.74, 6) is -0.826. The van der Waals surface area contributed by atoms with Crippen molar-refractivity contribution in [3.05, 3.63) is 65.5 Å². The predicted molar refractivity (Wildman–Crippen MR) is 127 cm³/mol. The van der Waals surface area contributed by atoms with E-state index in [0.717, 1.165) is 10.6 Å². The second-order valence-electron chi connectivity index (χ2n) is 7.63. The van der Waals surface area contributed by atoms with Gasteiger partial charge in [-0.15, -0.1) is 0 Å². The molecule has 194 valence electrons. The number of hydrogen-bond acceptors (Lipinski definition) is 8. The van der Waals surface area contributed by atoms with Crippen molar-refractivity contribution in [1.29, 1.82) is 0 Å². The summed E-state index contributed by atoms with van der Waals surface area (Å²) in [6, 6.07) is 9.05. The number of sulfonamides is 1. The van der Waals surface area contributed by atoms with E-state index in [9.17, 15) is 35.9 Å². The van der Waals surface area contributed by atoms with Crippen molar-refractivity contribution in [3.8, 4) is 0 Å². The third kappa shape index (κ3) is 7.13. The van der Waals surface area contributed by atoms with Gasteiger partial charge in [-0.25, -0.2) is 18.4 Å². The van der Waals surface area contributed by atoms with Crippen LogP contribution >= 0.6 is 7.60 Å². The molecule has 4 N–H and O–H groups in total. The molecular weight excluding hydrogens is 524 g/mol. The van der Waals surface area contributed by atoms with Gasteiger partial charge in [-0.3, -0.25) is 8.87 Å². The molecule has 2 aromatic heterocycles. The maximum Gasteiger partial charge on any atom is 0.421 e. The first kappa shape index (κ1) is 27.3. The molecular formula is C20H22F3N6O5PS. The van der Waals surface area contributed by atoms with Gasteiger partial charge in [0.05, 0.1) is 12.4 Å². The Kier molecular flexibility index (Phi) is 7.88. The van der Waals surface area contributed by atoms with Gasteiger partial charge < -0.3 is 20.4 Å². The fraction of sp³-hybridized carbons (Fsp3) is 0.250. The molecule has 0 bridgehead atoms. The predicted octanol–water partition coefficient (Wildman–Crippen LogP) is 3.32. The Morgan fingerprint density at radius 2 is 1.75 bits per heavy atom. The Hall–Kier alpha value is -3.26. The normalized spacial score (nSPS) is 12.3. The molecule has 1 aromatic carbocycles. The standard InChI is InChI=1S/C20H22F3N6O5PS/c1-29(36(2,33)34)18-13(7-5-9-24-18)10-25-17-15(20(21,22)23)11-26-19(28-17)27-16-8-4-3-6-14(16)12-35(30,31)32/h3-9,11H,10,12H2,1-2H3,(H2,30,31,32)(H2,25,26,27,28). The number of anilines is 4. The quantitative estimate of drug-likeness (QED) is 0.294. The molecule has 0 amide bonds. The van der Waals surface area contributed by atoms with Crippen LogP contribution in [0.5, 0.6) is 0 Å². The number of benzene rings is 1. The second kappa shape index (κ2) is 10.4. The average molecular weight is 546 g/mol. The van der Waals surface area contributed by atoms with Gasteiger partial charge in [-0.2, -0.15) is 18.2 Å². The molecule has 0 radical (unpaired) electrons. The lowest BCUT2D eigenvalue weighted by molar-refractivity contribution is -0.137. The van der Waals surface area contributed by atoms with Crippen LogP contribution in [0, 0.1) is 0 Å². The zero-order valence-electron chi connectivity index (χ0n) is 18.9. The number of rotatable bonds is 9. The Morgan fingerprint density at radius 3 is 2.39 bits per heavy atom. The lowest BCUT2D eigenvalue weighted by Crippen LogP contribution is -2.27. The first-order chi connectivity index (χ1) is 16.6. The van der Waals surface area contributed by atoms with Gasteiger partial charge in [-0.05, 0) is 17.7 Å². The summed E-state index contributed by atoms with van der Waals surface area (Å²) >= 11 is 0. The van der Waals surface area contributed by atoms with E-state index in [0.29, 0.717) is 11.8 Å². The molecule has 16 heteroatoms. The number of alkyl halides is 3. The van der Waals surface area contributed by atoms with E-state index in [1.807, 2.05) is 0 Å². The Balaban J connectivity index is 1.94. The molecule has 11 nitrogen and oxygen atoms in total. The molecule has 2 heterocycles. The van der Waals surface area contributed by atoms with Crippen LogP contribution in [0.25, 0.3) is 0 Å². The molecule has 3 rings (SSSR count). The zero-order chi connectivity index (χ0) is 26.7. The number of hydrogen-bond donors (Lipinski definition) is 4. The van der Waals surface area contributed by atoms with Crippen LogP contribution in [-0.4, -0.2) is 46.5 Å². The minimum atomic E-state index is -4.81. The monoisotopic (exact) mass is 546 g/mol. The van der Waals surface area contributed by atoms with Gasteiger partial charge in [0.1, 0.15) is 17.2 Å². The third-order valence-electron chi connectivity index (χ3n) is 4.84. The third-order valence-corrected chi connectivity index (χ3v) is 6.76. The van der Waals surface area contributed by atoms with Gasteiger partial charge in [-0.1, -0.05) is 24.3 Å². The summed E-state index contributed by atoms with van der Waals surface area (Å²) in [4.78, 5) is 30.2. The topological polar surface area (TPSA) is 158 Å². The van der Waals surface area contributed by atoms with Crippen LogP contribution in [-0.2, 0) is 33.5 Å². The van der Waals surface area contributed by atoms with Gasteiger partial charge >= 0.3 is 13.8 Å². The molecule has 36 heavy (non-hydrogen) atoms. The summed E-state index contributed by atoms with van der Waals surface area (Å²) in [5, 5.41) is 5.25. The van der Waals surface area contributed by atoms with Crippen molar-refractivity contribution in [3.63, 3.8) is 0 Å². The summed E-state index contributed by atoms with van der Waals surface area (Å²) in [5.41, 5.74) is -0.458. The Labute approximate surface area is 204 Å². The fourth-order valence-corrected chi connectivity index (χ4v) is 4.29. The lowest BCUT2D eigenvalue weighted by atomic mass is 10.2. The summed E-state index contributed by atoms with van der Waals surface area (Å²) in [6.45, 7) is -0.253. The SMILES string of the molecule is CN(c1ncccc1CNc1nc(Nc2ccccc2CP(=O)(O)O)ncc1C(F)(F)F)S(C)(=O)=O. The van der Waals surface area contributed by atoms with E-state index >= 15 is 0 Å². The highest BCUT2D eigenvalue weighted by Crippen LogP contribution is 2.41. The molecule has 0 saturated carbocycles. The molecule has 0 saturated heterocycles. The second-order valence-corrected chi connectivity index (χ2v) is 11.3. The summed E-state index contributed by atoms with van der Waals surface area (Å²) in [7, 11) is -6.83. The van der Waals surface area contributed by atoms with Gasteiger partial charge in [0.2, 0.25) is 16.0 Å². The largest absolute Gasteiger partial charge is 0.421 e. The van der Waals surface area contributed by atoms with E-state index in [1.54, 1.807) is 12.1 Å². The zero-order valence-corrected chi connectivity index (χ0v) is 20.6. The van der Waals surface area contributed by atoms with Crippen molar-refractivity contribution in [2.45, 2.75) is 18.9 Å². The minimum Gasteiger partial charge on any atom is -0.365 e. The highest BCUT2D eigenvalue weighted by Gasteiger charge is 2.35. The Morgan fingerprint density at radius 1 is 1.08 bits per heavy atom. The van der Waals surface area contributed by atoms with Crippen molar-refractivity contribution >= 4 is 40.9 Å². The number of nitrogens with zero attached hydrogens (tertiary/aromatic N) is 4. The van der Waals surface area contributed by atoms with Gasteiger partial charge in [0.15, 0.2) is 0 Å². The number of pyridine rings is 1. The minimum absolute atomic E-state index is 0.0276. The summed E-state index contributed by atoms with van der Waals surface area (Å²) in [6.07, 6.45) is -2.52. The first-order valence-electron chi connectivity index (χ1n) is 10.1. The van der Waals surface area contributed by atoms with Crippen LogP contribution in [0.15, 0.2) is 48.8 Å². The van der Waals surface area contributed by atoms with Crippen molar-refractivity contribution in [1.82, 2.24) is 15.0 Å². The maximum atomic E-state index is 13.6. The van der Waals surface area contributed by atoms with E-state index in [-0.39, 0.29) is 29.6 Å². The number of nitrogens with one attached hydrogen (secondary N) is 2. The highest BCUT2D eigenvalue weighted by molar-refractivity contribution is 7.92. The fourth-order valence-electron chi connectivity index (χ4n) is 3.09. The van der Waals surface area contributed by atoms with Gasteiger partial charge in [0, 0.05) is 37.2 Å². The molecule has 0 spiro atoms. The smallest absolute Gasteiger partial charge is 0.365 e. The van der Waals surface area contributed by atoms with Crippen molar-refractivity contribution in [2.24, 2.45) is 0 Å². The molecule has 0 fully saturated rings. The van der Waals surface area contributed by atoms with E-state index in [1.165, 1.54) is 37.5 Å². The summed E-state index contributed by atoms with van der Waals surface area (Å²) < 4.78 is 77.0. The van der Waals surface area contributed by atoms with Crippen molar-refractivity contribution in [2.75, 3.05) is 28.2 Å². The van der Waals surface area contributed by atoms with Crippen LogP contribution in [0.4, 0.5) is 36.4 Å². The van der Waals surface area contributed by atoms with Gasteiger partial charge in [0.25, 0.3) is 0 Å². The Bertz CT molecular complexity index is 1400. The van der Waals surface area contributed by atoms with E-state index in [4.69, 9.17) is 0 Å². The highest BCUT2D eigenvalue weighted by atomic mass is 32.2. The van der Waals surface area contributed by atoms with E-state index in [2.05, 4.69) is 25.6 Å². The first-order valence-corrected chi connectivity index (χ1v) is 13.7. The number of halogens is 3. The average Bonchev–Trinajstić information content (AvgIpc) is 2.76. The molecule has 0 unspecified atom stereocenters. The molecule has 0 aliphatic heterocycles. The lowest BCUT2D eigenvalue weighted by Gasteiger charge is -2.20. The molecule has 3 aromatic rings.